The second kappa shape index (κ2) is 4.34. The van der Waals surface area contributed by atoms with Gasteiger partial charge in [-0.3, -0.25) is 4.79 Å². The molecule has 0 aromatic heterocycles. The Hall–Kier alpha value is -1.22. The van der Waals surface area contributed by atoms with Gasteiger partial charge in [-0.05, 0) is 44.0 Å². The van der Waals surface area contributed by atoms with Gasteiger partial charge in [0.2, 0.25) is 0 Å². The van der Waals surface area contributed by atoms with Gasteiger partial charge in [-0.1, -0.05) is 0 Å². The van der Waals surface area contributed by atoms with Crippen molar-refractivity contribution in [2.24, 2.45) is 5.92 Å². The molecular weight excluding hydrogens is 207 g/mol. The number of rotatable bonds is 2. The zero-order valence-corrected chi connectivity index (χ0v) is 9.50. The van der Waals surface area contributed by atoms with E-state index in [1.807, 2.05) is 6.92 Å². The normalized spacial score (nSPS) is 24.7. The Morgan fingerprint density at radius 3 is 2.81 bits per heavy atom. The summed E-state index contributed by atoms with van der Waals surface area (Å²) in [5.41, 5.74) is 1.31. The first-order chi connectivity index (χ1) is 7.59. The van der Waals surface area contributed by atoms with Crippen LogP contribution >= 0.6 is 0 Å². The van der Waals surface area contributed by atoms with Gasteiger partial charge in [-0.25, -0.2) is 4.39 Å². The lowest BCUT2D eigenvalue weighted by Crippen LogP contribution is -2.22. The second-order valence-corrected chi connectivity index (χ2v) is 4.29. The summed E-state index contributed by atoms with van der Waals surface area (Å²) >= 11 is 0. The molecule has 1 fully saturated rings. The second-order valence-electron chi connectivity index (χ2n) is 4.29. The van der Waals surface area contributed by atoms with Gasteiger partial charge in [-0.15, -0.1) is 0 Å². The highest BCUT2D eigenvalue weighted by Crippen LogP contribution is 2.26. The van der Waals surface area contributed by atoms with Gasteiger partial charge < -0.3 is 4.74 Å². The molecule has 1 aromatic rings. The van der Waals surface area contributed by atoms with Crippen molar-refractivity contribution in [1.29, 1.82) is 0 Å². The molecule has 0 saturated carbocycles. The lowest BCUT2D eigenvalue weighted by Gasteiger charge is -2.14. The molecule has 1 aliphatic heterocycles. The molecule has 1 saturated heterocycles. The quantitative estimate of drug-likeness (QED) is 0.719. The zero-order chi connectivity index (χ0) is 11.7. The van der Waals surface area contributed by atoms with E-state index in [9.17, 15) is 9.18 Å². The lowest BCUT2D eigenvalue weighted by molar-refractivity contribution is 0.0764. The molecule has 2 atom stereocenters. The van der Waals surface area contributed by atoms with Gasteiger partial charge in [-0.2, -0.15) is 0 Å². The van der Waals surface area contributed by atoms with Crippen LogP contribution in [0.15, 0.2) is 18.2 Å². The Balaban J connectivity index is 2.27. The molecule has 1 aliphatic rings. The number of carbonyl (C=O) groups is 1. The molecular formula is C13H15FO2. The molecule has 0 spiro atoms. The summed E-state index contributed by atoms with van der Waals surface area (Å²) in [5.74, 6) is -0.309. The van der Waals surface area contributed by atoms with Gasteiger partial charge in [0, 0.05) is 12.2 Å². The SMILES string of the molecule is Cc1cc(F)ccc1C(=O)C1CCOC1C. The largest absolute Gasteiger partial charge is 0.378 e. The summed E-state index contributed by atoms with van der Waals surface area (Å²) in [6.45, 7) is 4.31. The standard InChI is InChI=1S/C13H15FO2/c1-8-7-10(14)3-4-11(8)13(15)12-5-6-16-9(12)2/h3-4,7,9,12H,5-6H2,1-2H3. The Kier molecular flexibility index (Phi) is 3.06. The number of hydrogen-bond donors (Lipinski definition) is 0. The van der Waals surface area contributed by atoms with Crippen LogP contribution in [0.5, 0.6) is 0 Å². The van der Waals surface area contributed by atoms with E-state index >= 15 is 0 Å². The highest BCUT2D eigenvalue weighted by Gasteiger charge is 2.31. The van der Waals surface area contributed by atoms with Crippen LogP contribution in [0.4, 0.5) is 4.39 Å². The van der Waals surface area contributed by atoms with Crippen molar-refractivity contribution in [2.45, 2.75) is 26.4 Å². The van der Waals surface area contributed by atoms with Crippen molar-refractivity contribution in [3.8, 4) is 0 Å². The predicted octanol–water partition coefficient (Wildman–Crippen LogP) is 2.74. The van der Waals surface area contributed by atoms with Crippen LogP contribution in [0.25, 0.3) is 0 Å². The lowest BCUT2D eigenvalue weighted by atomic mass is 9.90. The third-order valence-corrected chi connectivity index (χ3v) is 3.17. The molecule has 0 bridgehead atoms. The fourth-order valence-electron chi connectivity index (χ4n) is 2.18. The average Bonchev–Trinajstić information content (AvgIpc) is 2.63. The highest BCUT2D eigenvalue weighted by molar-refractivity contribution is 5.99. The maximum atomic E-state index is 12.9. The summed E-state index contributed by atoms with van der Waals surface area (Å²) in [4.78, 5) is 12.2. The van der Waals surface area contributed by atoms with E-state index in [0.717, 1.165) is 6.42 Å². The maximum absolute atomic E-state index is 12.9. The third kappa shape index (κ3) is 2.00. The van der Waals surface area contributed by atoms with Crippen LogP contribution in [-0.4, -0.2) is 18.5 Å². The summed E-state index contributed by atoms with van der Waals surface area (Å²) in [6, 6.07) is 4.30. The smallest absolute Gasteiger partial charge is 0.168 e. The van der Waals surface area contributed by atoms with Gasteiger partial charge in [0.25, 0.3) is 0 Å². The van der Waals surface area contributed by atoms with Crippen LogP contribution in [0.2, 0.25) is 0 Å². The first kappa shape index (κ1) is 11.3. The van der Waals surface area contributed by atoms with Gasteiger partial charge >= 0.3 is 0 Å². The minimum Gasteiger partial charge on any atom is -0.378 e. The molecule has 2 rings (SSSR count). The Morgan fingerprint density at radius 1 is 1.50 bits per heavy atom. The molecule has 1 aromatic carbocycles. The Labute approximate surface area is 94.4 Å². The van der Waals surface area contributed by atoms with E-state index in [1.54, 1.807) is 13.0 Å². The van der Waals surface area contributed by atoms with E-state index in [0.29, 0.717) is 17.7 Å². The number of aryl methyl sites for hydroxylation is 1. The molecule has 0 N–H and O–H groups in total. The maximum Gasteiger partial charge on any atom is 0.168 e. The molecule has 2 unspecified atom stereocenters. The molecule has 0 radical (unpaired) electrons. The van der Waals surface area contributed by atoms with Crippen LogP contribution in [0, 0.1) is 18.7 Å². The van der Waals surface area contributed by atoms with Crippen LogP contribution in [0.3, 0.4) is 0 Å². The van der Waals surface area contributed by atoms with E-state index in [2.05, 4.69) is 0 Å². The number of Topliss-reactive ketones (excluding diaryl/α,β-unsaturated/α-hetero) is 1. The third-order valence-electron chi connectivity index (χ3n) is 3.17. The van der Waals surface area contributed by atoms with Crippen molar-refractivity contribution < 1.29 is 13.9 Å². The topological polar surface area (TPSA) is 26.3 Å². The first-order valence-corrected chi connectivity index (χ1v) is 5.51. The number of benzene rings is 1. The van der Waals surface area contributed by atoms with E-state index in [-0.39, 0.29) is 23.6 Å². The number of ether oxygens (including phenoxy) is 1. The predicted molar refractivity (Wildman–Crippen MR) is 59.0 cm³/mol. The summed E-state index contributed by atoms with van der Waals surface area (Å²) in [6.07, 6.45) is 0.730. The minimum absolute atomic E-state index is 0.0306. The van der Waals surface area contributed by atoms with Gasteiger partial charge in [0.15, 0.2) is 5.78 Å². The van der Waals surface area contributed by atoms with E-state index in [4.69, 9.17) is 4.74 Å². The molecule has 16 heavy (non-hydrogen) atoms. The van der Waals surface area contributed by atoms with Crippen LogP contribution in [-0.2, 0) is 4.74 Å². The summed E-state index contributed by atoms with van der Waals surface area (Å²) in [7, 11) is 0. The van der Waals surface area contributed by atoms with Crippen molar-refractivity contribution in [1.82, 2.24) is 0 Å². The summed E-state index contributed by atoms with van der Waals surface area (Å²) < 4.78 is 18.3. The number of ketones is 1. The molecule has 1 heterocycles. The average molecular weight is 222 g/mol. The molecule has 0 aliphatic carbocycles. The van der Waals surface area contributed by atoms with E-state index < -0.39 is 0 Å². The fourth-order valence-corrected chi connectivity index (χ4v) is 2.18. The van der Waals surface area contributed by atoms with Crippen LogP contribution < -0.4 is 0 Å². The van der Waals surface area contributed by atoms with Crippen LogP contribution in [0.1, 0.15) is 29.3 Å². The zero-order valence-electron chi connectivity index (χ0n) is 9.50. The minimum atomic E-state index is -0.301. The number of hydrogen-bond acceptors (Lipinski definition) is 2. The summed E-state index contributed by atoms with van der Waals surface area (Å²) in [5, 5.41) is 0. The Bertz CT molecular complexity index is 414. The first-order valence-electron chi connectivity index (χ1n) is 5.51. The van der Waals surface area contributed by atoms with Gasteiger partial charge in [0.1, 0.15) is 5.82 Å². The fraction of sp³-hybridized carbons (Fsp3) is 0.462. The Morgan fingerprint density at radius 2 is 2.25 bits per heavy atom. The number of carbonyl (C=O) groups excluding carboxylic acids is 1. The van der Waals surface area contributed by atoms with E-state index in [1.165, 1.54) is 12.1 Å². The molecule has 2 nitrogen and oxygen atoms in total. The van der Waals surface area contributed by atoms with Crippen molar-refractivity contribution in [2.75, 3.05) is 6.61 Å². The van der Waals surface area contributed by atoms with Gasteiger partial charge in [0.05, 0.1) is 12.0 Å². The highest BCUT2D eigenvalue weighted by atomic mass is 19.1. The molecule has 3 heteroatoms. The monoisotopic (exact) mass is 222 g/mol. The molecule has 86 valence electrons. The number of halogens is 1. The van der Waals surface area contributed by atoms with Crippen molar-refractivity contribution in [3.63, 3.8) is 0 Å². The van der Waals surface area contributed by atoms with Crippen molar-refractivity contribution in [3.05, 3.63) is 35.1 Å². The van der Waals surface area contributed by atoms with Crippen molar-refractivity contribution >= 4 is 5.78 Å². The molecule has 0 amide bonds.